The van der Waals surface area contributed by atoms with E-state index < -0.39 is 0 Å². The van der Waals surface area contributed by atoms with E-state index in [1.165, 1.54) is 6.42 Å². The van der Waals surface area contributed by atoms with Crippen LogP contribution in [-0.4, -0.2) is 74.1 Å². The Balaban J connectivity index is 1.62. The molecule has 2 aromatic rings. The van der Waals surface area contributed by atoms with Gasteiger partial charge in [0.1, 0.15) is 5.75 Å². The molecule has 1 aromatic heterocycles. The average molecular weight is 357 g/mol. The minimum atomic E-state index is 0.616. The Morgan fingerprint density at radius 1 is 1.23 bits per heavy atom. The molecule has 0 saturated carbocycles. The van der Waals surface area contributed by atoms with Gasteiger partial charge in [0.25, 0.3) is 0 Å². The van der Waals surface area contributed by atoms with Gasteiger partial charge in [0.2, 0.25) is 5.95 Å². The van der Waals surface area contributed by atoms with Crippen LogP contribution in [0, 0.1) is 5.92 Å². The van der Waals surface area contributed by atoms with Gasteiger partial charge < -0.3 is 19.3 Å². The third-order valence-corrected chi connectivity index (χ3v) is 4.79. The van der Waals surface area contributed by atoms with Crippen LogP contribution in [0.2, 0.25) is 0 Å². The molecule has 1 saturated heterocycles. The van der Waals surface area contributed by atoms with Crippen molar-refractivity contribution < 1.29 is 9.47 Å². The summed E-state index contributed by atoms with van der Waals surface area (Å²) in [5.41, 5.74) is 1.82. The number of benzene rings is 1. The van der Waals surface area contributed by atoms with E-state index in [4.69, 9.17) is 9.47 Å². The SMILES string of the molecule is COCCN1CC[C@@H](CN(C)c2nncc(-c3ccc(OC)cc3)n2)C1. The molecule has 140 valence electrons. The van der Waals surface area contributed by atoms with Crippen molar-refractivity contribution >= 4 is 5.95 Å². The summed E-state index contributed by atoms with van der Waals surface area (Å²) in [5, 5.41) is 8.36. The van der Waals surface area contributed by atoms with Gasteiger partial charge in [-0.25, -0.2) is 4.98 Å². The molecule has 26 heavy (non-hydrogen) atoms. The lowest BCUT2D eigenvalue weighted by atomic mass is 10.1. The highest BCUT2D eigenvalue weighted by Crippen LogP contribution is 2.22. The fraction of sp³-hybridized carbons (Fsp3) is 0.526. The van der Waals surface area contributed by atoms with Crippen molar-refractivity contribution in [3.05, 3.63) is 30.5 Å². The molecule has 0 N–H and O–H groups in total. The largest absolute Gasteiger partial charge is 0.497 e. The molecule has 0 bridgehead atoms. The zero-order valence-corrected chi connectivity index (χ0v) is 15.8. The lowest BCUT2D eigenvalue weighted by Crippen LogP contribution is -2.30. The molecule has 7 heteroatoms. The van der Waals surface area contributed by atoms with Crippen LogP contribution in [-0.2, 0) is 4.74 Å². The number of hydrogen-bond donors (Lipinski definition) is 0. The van der Waals surface area contributed by atoms with Crippen molar-refractivity contribution in [3.63, 3.8) is 0 Å². The van der Waals surface area contributed by atoms with Crippen LogP contribution in [0.5, 0.6) is 5.75 Å². The molecule has 0 radical (unpaired) electrons. The lowest BCUT2D eigenvalue weighted by Gasteiger charge is -2.21. The lowest BCUT2D eigenvalue weighted by molar-refractivity contribution is 0.159. The molecule has 7 nitrogen and oxygen atoms in total. The van der Waals surface area contributed by atoms with Gasteiger partial charge >= 0.3 is 0 Å². The zero-order chi connectivity index (χ0) is 18.4. The van der Waals surface area contributed by atoms with E-state index in [9.17, 15) is 0 Å². The van der Waals surface area contributed by atoms with Crippen LogP contribution in [0.1, 0.15) is 6.42 Å². The highest BCUT2D eigenvalue weighted by Gasteiger charge is 2.24. The van der Waals surface area contributed by atoms with E-state index in [2.05, 4.69) is 25.0 Å². The molecule has 0 amide bonds. The second-order valence-corrected chi connectivity index (χ2v) is 6.70. The molecule has 1 aliphatic rings. The highest BCUT2D eigenvalue weighted by molar-refractivity contribution is 5.60. The molecule has 2 heterocycles. The monoisotopic (exact) mass is 357 g/mol. The van der Waals surface area contributed by atoms with Crippen molar-refractivity contribution in [2.45, 2.75) is 6.42 Å². The molecule has 3 rings (SSSR count). The number of rotatable bonds is 8. The fourth-order valence-corrected chi connectivity index (χ4v) is 3.31. The van der Waals surface area contributed by atoms with Gasteiger partial charge in [-0.05, 0) is 43.1 Å². The quantitative estimate of drug-likeness (QED) is 0.715. The van der Waals surface area contributed by atoms with Crippen molar-refractivity contribution in [2.75, 3.05) is 59.0 Å². The molecular weight excluding hydrogens is 330 g/mol. The second kappa shape index (κ2) is 8.91. The second-order valence-electron chi connectivity index (χ2n) is 6.70. The van der Waals surface area contributed by atoms with E-state index >= 15 is 0 Å². The summed E-state index contributed by atoms with van der Waals surface area (Å²) in [6.07, 6.45) is 2.89. The standard InChI is InChI=1S/C19H27N5O2/c1-23(13-15-8-9-24(14-15)10-11-25-2)19-21-18(12-20-22-19)16-4-6-17(26-3)7-5-16/h4-7,12,15H,8-11,13-14H2,1-3H3/t15-/m0/s1. The van der Waals surface area contributed by atoms with Crippen molar-refractivity contribution in [1.29, 1.82) is 0 Å². The van der Waals surface area contributed by atoms with Gasteiger partial charge in [0.15, 0.2) is 0 Å². The van der Waals surface area contributed by atoms with E-state index in [0.717, 1.165) is 49.8 Å². The molecule has 1 fully saturated rings. The maximum Gasteiger partial charge on any atom is 0.245 e. The van der Waals surface area contributed by atoms with Gasteiger partial charge in [-0.1, -0.05) is 0 Å². The van der Waals surface area contributed by atoms with Gasteiger partial charge in [-0.3, -0.25) is 0 Å². The van der Waals surface area contributed by atoms with Crippen LogP contribution in [0.3, 0.4) is 0 Å². The summed E-state index contributed by atoms with van der Waals surface area (Å²) in [6.45, 7) is 4.95. The number of hydrogen-bond acceptors (Lipinski definition) is 7. The summed E-state index contributed by atoms with van der Waals surface area (Å²) in [5.74, 6) is 2.10. The third-order valence-electron chi connectivity index (χ3n) is 4.79. The topological polar surface area (TPSA) is 63.6 Å². The zero-order valence-electron chi connectivity index (χ0n) is 15.8. The number of nitrogens with zero attached hydrogens (tertiary/aromatic N) is 5. The number of ether oxygens (including phenoxy) is 2. The Labute approximate surface area is 155 Å². The number of methoxy groups -OCH3 is 2. The Morgan fingerprint density at radius 2 is 2.04 bits per heavy atom. The molecule has 1 aliphatic heterocycles. The molecule has 0 unspecified atom stereocenters. The van der Waals surface area contributed by atoms with Gasteiger partial charge in [0.05, 0.1) is 25.6 Å². The summed E-state index contributed by atoms with van der Waals surface area (Å²) in [6, 6.07) is 7.82. The first-order chi connectivity index (χ1) is 12.7. The number of aromatic nitrogens is 3. The molecule has 1 atom stereocenters. The first-order valence-corrected chi connectivity index (χ1v) is 8.96. The van der Waals surface area contributed by atoms with Crippen molar-refractivity contribution in [2.24, 2.45) is 5.92 Å². The minimum Gasteiger partial charge on any atom is -0.497 e. The molecule has 1 aromatic carbocycles. The summed E-state index contributed by atoms with van der Waals surface area (Å²) >= 11 is 0. The van der Waals surface area contributed by atoms with E-state index in [1.54, 1.807) is 20.4 Å². The average Bonchev–Trinajstić information content (AvgIpc) is 3.13. The Morgan fingerprint density at radius 3 is 2.77 bits per heavy atom. The fourth-order valence-electron chi connectivity index (χ4n) is 3.31. The van der Waals surface area contributed by atoms with E-state index in [-0.39, 0.29) is 0 Å². The van der Waals surface area contributed by atoms with Gasteiger partial charge in [0, 0.05) is 39.4 Å². The summed E-state index contributed by atoms with van der Waals surface area (Å²) in [4.78, 5) is 9.24. The van der Waals surface area contributed by atoms with Crippen LogP contribution in [0.4, 0.5) is 5.95 Å². The van der Waals surface area contributed by atoms with Crippen LogP contribution >= 0.6 is 0 Å². The van der Waals surface area contributed by atoms with Gasteiger partial charge in [-0.15, -0.1) is 5.10 Å². The highest BCUT2D eigenvalue weighted by atomic mass is 16.5. The van der Waals surface area contributed by atoms with Crippen molar-refractivity contribution in [1.82, 2.24) is 20.1 Å². The predicted molar refractivity (Wildman–Crippen MR) is 102 cm³/mol. The smallest absolute Gasteiger partial charge is 0.245 e. The normalized spacial score (nSPS) is 17.4. The van der Waals surface area contributed by atoms with Crippen LogP contribution < -0.4 is 9.64 Å². The van der Waals surface area contributed by atoms with Crippen LogP contribution in [0.15, 0.2) is 30.5 Å². The Kier molecular flexibility index (Phi) is 6.35. The van der Waals surface area contributed by atoms with E-state index in [1.807, 2.05) is 31.3 Å². The number of likely N-dealkylation sites (tertiary alicyclic amines) is 1. The van der Waals surface area contributed by atoms with Crippen molar-refractivity contribution in [3.8, 4) is 17.0 Å². The molecular formula is C19H27N5O2. The Hall–Kier alpha value is -2.25. The molecule has 0 aliphatic carbocycles. The summed E-state index contributed by atoms with van der Waals surface area (Å²) in [7, 11) is 5.45. The predicted octanol–water partition coefficient (Wildman–Crippen LogP) is 1.95. The summed E-state index contributed by atoms with van der Waals surface area (Å²) < 4.78 is 10.4. The van der Waals surface area contributed by atoms with E-state index in [0.29, 0.717) is 11.9 Å². The first-order valence-electron chi connectivity index (χ1n) is 8.96. The Bertz CT molecular complexity index is 695. The maximum atomic E-state index is 5.21. The van der Waals surface area contributed by atoms with Crippen LogP contribution in [0.25, 0.3) is 11.3 Å². The first kappa shape index (κ1) is 18.5. The van der Waals surface area contributed by atoms with Gasteiger partial charge in [-0.2, -0.15) is 5.10 Å². The minimum absolute atomic E-state index is 0.616. The number of anilines is 1. The third kappa shape index (κ3) is 4.68. The maximum absolute atomic E-state index is 5.21. The molecule has 0 spiro atoms.